The molecule has 0 amide bonds. The summed E-state index contributed by atoms with van der Waals surface area (Å²) in [4.78, 5) is 2.28. The van der Waals surface area contributed by atoms with Crippen molar-refractivity contribution in [3.8, 4) is 11.5 Å². The quantitative estimate of drug-likeness (QED) is 0.779. The molecule has 1 aliphatic heterocycles. The predicted octanol–water partition coefficient (Wildman–Crippen LogP) is 2.00. The molecule has 0 atom stereocenters. The zero-order valence-corrected chi connectivity index (χ0v) is 8.36. The SMILES string of the molecule is COc1ccc(N2CCCC2)cc1O. The highest BCUT2D eigenvalue weighted by Gasteiger charge is 2.13. The van der Waals surface area contributed by atoms with E-state index in [4.69, 9.17) is 4.74 Å². The first-order valence-electron chi connectivity index (χ1n) is 4.93. The summed E-state index contributed by atoms with van der Waals surface area (Å²) >= 11 is 0. The lowest BCUT2D eigenvalue weighted by molar-refractivity contribution is 0.373. The minimum atomic E-state index is 0.219. The third-order valence-corrected chi connectivity index (χ3v) is 2.63. The number of phenols is 1. The molecular weight excluding hydrogens is 178 g/mol. The Morgan fingerprint density at radius 2 is 2.00 bits per heavy atom. The van der Waals surface area contributed by atoms with Crippen molar-refractivity contribution in [1.29, 1.82) is 0 Å². The van der Waals surface area contributed by atoms with Crippen LogP contribution >= 0.6 is 0 Å². The maximum atomic E-state index is 9.60. The third kappa shape index (κ3) is 1.62. The number of methoxy groups -OCH3 is 1. The highest BCUT2D eigenvalue weighted by Crippen LogP contribution is 2.31. The maximum absolute atomic E-state index is 9.60. The zero-order chi connectivity index (χ0) is 9.97. The molecule has 1 fully saturated rings. The Labute approximate surface area is 83.9 Å². The van der Waals surface area contributed by atoms with Gasteiger partial charge in [-0.1, -0.05) is 0 Å². The first-order chi connectivity index (χ1) is 6.81. The monoisotopic (exact) mass is 193 g/mol. The average molecular weight is 193 g/mol. The van der Waals surface area contributed by atoms with Gasteiger partial charge in [-0.2, -0.15) is 0 Å². The first-order valence-corrected chi connectivity index (χ1v) is 4.93. The van der Waals surface area contributed by atoms with E-state index in [1.807, 2.05) is 12.1 Å². The van der Waals surface area contributed by atoms with Crippen LogP contribution in [0.15, 0.2) is 18.2 Å². The fourth-order valence-corrected chi connectivity index (χ4v) is 1.85. The fraction of sp³-hybridized carbons (Fsp3) is 0.455. The lowest BCUT2D eigenvalue weighted by atomic mass is 10.2. The van der Waals surface area contributed by atoms with Crippen LogP contribution in [0.3, 0.4) is 0 Å². The number of aromatic hydroxyl groups is 1. The molecule has 1 heterocycles. The molecule has 0 saturated carbocycles. The van der Waals surface area contributed by atoms with Crippen LogP contribution in [0.1, 0.15) is 12.8 Å². The number of benzene rings is 1. The Morgan fingerprint density at radius 3 is 2.57 bits per heavy atom. The molecule has 1 N–H and O–H groups in total. The first kappa shape index (κ1) is 9.19. The topological polar surface area (TPSA) is 32.7 Å². The molecule has 3 heteroatoms. The molecule has 1 aliphatic rings. The van der Waals surface area contributed by atoms with E-state index in [1.165, 1.54) is 12.8 Å². The summed E-state index contributed by atoms with van der Waals surface area (Å²) in [7, 11) is 1.56. The van der Waals surface area contributed by atoms with Gasteiger partial charge in [-0.25, -0.2) is 0 Å². The number of anilines is 1. The molecule has 3 nitrogen and oxygen atoms in total. The van der Waals surface area contributed by atoms with Gasteiger partial charge in [0.2, 0.25) is 0 Å². The van der Waals surface area contributed by atoms with Gasteiger partial charge in [0.25, 0.3) is 0 Å². The summed E-state index contributed by atoms with van der Waals surface area (Å²) in [5.74, 6) is 0.754. The van der Waals surface area contributed by atoms with E-state index >= 15 is 0 Å². The molecule has 1 aromatic rings. The van der Waals surface area contributed by atoms with E-state index in [0.29, 0.717) is 5.75 Å². The number of ether oxygens (including phenoxy) is 1. The Hall–Kier alpha value is -1.38. The molecule has 76 valence electrons. The normalized spacial score (nSPS) is 15.9. The second-order valence-corrected chi connectivity index (χ2v) is 3.55. The van der Waals surface area contributed by atoms with Crippen molar-refractivity contribution in [1.82, 2.24) is 0 Å². The Morgan fingerprint density at radius 1 is 1.29 bits per heavy atom. The van der Waals surface area contributed by atoms with Crippen LogP contribution in [0.5, 0.6) is 11.5 Å². The smallest absolute Gasteiger partial charge is 0.160 e. The van der Waals surface area contributed by atoms with Crippen LogP contribution < -0.4 is 9.64 Å². The van der Waals surface area contributed by atoms with Gasteiger partial charge in [-0.05, 0) is 25.0 Å². The molecule has 0 bridgehead atoms. The maximum Gasteiger partial charge on any atom is 0.160 e. The van der Waals surface area contributed by atoms with Gasteiger partial charge in [0.05, 0.1) is 7.11 Å². The van der Waals surface area contributed by atoms with Gasteiger partial charge < -0.3 is 14.7 Å². The van der Waals surface area contributed by atoms with Crippen LogP contribution in [0.25, 0.3) is 0 Å². The standard InChI is InChI=1S/C11H15NO2/c1-14-11-5-4-9(8-10(11)13)12-6-2-3-7-12/h4-5,8,13H,2-3,6-7H2,1H3. The summed E-state index contributed by atoms with van der Waals surface area (Å²) in [5, 5.41) is 9.60. The van der Waals surface area contributed by atoms with Crippen molar-refractivity contribution < 1.29 is 9.84 Å². The Kier molecular flexibility index (Phi) is 2.48. The van der Waals surface area contributed by atoms with Crippen molar-refractivity contribution in [3.05, 3.63) is 18.2 Å². The molecule has 0 unspecified atom stereocenters. The van der Waals surface area contributed by atoms with Gasteiger partial charge in [0, 0.05) is 24.8 Å². The minimum absolute atomic E-state index is 0.219. The largest absolute Gasteiger partial charge is 0.504 e. The number of rotatable bonds is 2. The van der Waals surface area contributed by atoms with E-state index < -0.39 is 0 Å². The number of nitrogens with zero attached hydrogens (tertiary/aromatic N) is 1. The highest BCUT2D eigenvalue weighted by atomic mass is 16.5. The molecule has 1 saturated heterocycles. The Bertz CT molecular complexity index is 319. The van der Waals surface area contributed by atoms with Crippen molar-refractivity contribution >= 4 is 5.69 Å². The molecular formula is C11H15NO2. The molecule has 0 aliphatic carbocycles. The second kappa shape index (κ2) is 3.78. The summed E-state index contributed by atoms with van der Waals surface area (Å²) in [6.07, 6.45) is 2.49. The molecule has 14 heavy (non-hydrogen) atoms. The highest BCUT2D eigenvalue weighted by molar-refractivity contribution is 5.56. The van der Waals surface area contributed by atoms with E-state index in [2.05, 4.69) is 4.90 Å². The van der Waals surface area contributed by atoms with Crippen LogP contribution in [-0.2, 0) is 0 Å². The van der Waals surface area contributed by atoms with E-state index in [0.717, 1.165) is 18.8 Å². The zero-order valence-electron chi connectivity index (χ0n) is 8.36. The molecule has 0 aromatic heterocycles. The van der Waals surface area contributed by atoms with Crippen molar-refractivity contribution in [2.45, 2.75) is 12.8 Å². The third-order valence-electron chi connectivity index (χ3n) is 2.63. The molecule has 0 spiro atoms. The summed E-state index contributed by atoms with van der Waals surface area (Å²) < 4.78 is 4.99. The fourth-order valence-electron chi connectivity index (χ4n) is 1.85. The van der Waals surface area contributed by atoms with Crippen molar-refractivity contribution in [3.63, 3.8) is 0 Å². The van der Waals surface area contributed by atoms with E-state index in [1.54, 1.807) is 13.2 Å². The van der Waals surface area contributed by atoms with Crippen molar-refractivity contribution in [2.24, 2.45) is 0 Å². The lowest BCUT2D eigenvalue weighted by Crippen LogP contribution is -2.17. The number of hydrogen-bond acceptors (Lipinski definition) is 3. The summed E-state index contributed by atoms with van der Waals surface area (Å²) in [5.41, 5.74) is 1.08. The molecule has 1 aromatic carbocycles. The van der Waals surface area contributed by atoms with Crippen molar-refractivity contribution in [2.75, 3.05) is 25.1 Å². The molecule has 2 rings (SSSR count). The Balaban J connectivity index is 2.23. The average Bonchev–Trinajstić information content (AvgIpc) is 2.70. The van der Waals surface area contributed by atoms with Gasteiger partial charge in [0.1, 0.15) is 0 Å². The van der Waals surface area contributed by atoms with Gasteiger partial charge >= 0.3 is 0 Å². The molecule has 0 radical (unpaired) electrons. The van der Waals surface area contributed by atoms with Crippen LogP contribution in [0.4, 0.5) is 5.69 Å². The van der Waals surface area contributed by atoms with Crippen LogP contribution in [0.2, 0.25) is 0 Å². The summed E-state index contributed by atoms with van der Waals surface area (Å²) in [6.45, 7) is 2.18. The van der Waals surface area contributed by atoms with Crippen LogP contribution in [0, 0.1) is 0 Å². The van der Waals surface area contributed by atoms with Gasteiger partial charge in [-0.3, -0.25) is 0 Å². The number of hydrogen-bond donors (Lipinski definition) is 1. The lowest BCUT2D eigenvalue weighted by Gasteiger charge is -2.18. The van der Waals surface area contributed by atoms with Crippen LogP contribution in [-0.4, -0.2) is 25.3 Å². The van der Waals surface area contributed by atoms with E-state index in [-0.39, 0.29) is 5.75 Å². The second-order valence-electron chi connectivity index (χ2n) is 3.55. The summed E-state index contributed by atoms with van der Waals surface area (Å²) in [6, 6.07) is 5.57. The predicted molar refractivity (Wildman–Crippen MR) is 56.1 cm³/mol. The van der Waals surface area contributed by atoms with Gasteiger partial charge in [-0.15, -0.1) is 0 Å². The minimum Gasteiger partial charge on any atom is -0.504 e. The van der Waals surface area contributed by atoms with E-state index in [9.17, 15) is 5.11 Å². The van der Waals surface area contributed by atoms with Gasteiger partial charge in [0.15, 0.2) is 11.5 Å². The number of phenolic OH excluding ortho intramolecular Hbond substituents is 1.